The molecule has 0 bridgehead atoms. The van der Waals surface area contributed by atoms with Crippen LogP contribution in [0.3, 0.4) is 0 Å². The molecule has 0 aromatic heterocycles. The number of benzene rings is 3. The van der Waals surface area contributed by atoms with Crippen molar-refractivity contribution >= 4 is 29.5 Å². The van der Waals surface area contributed by atoms with E-state index in [1.807, 2.05) is 30.3 Å². The number of esters is 3. The van der Waals surface area contributed by atoms with Gasteiger partial charge in [0.1, 0.15) is 24.7 Å². The van der Waals surface area contributed by atoms with Crippen molar-refractivity contribution in [3.8, 4) is 0 Å². The molecule has 1 aliphatic rings. The Bertz CT molecular complexity index is 1220. The van der Waals surface area contributed by atoms with E-state index in [2.05, 4.69) is 0 Å². The number of rotatable bonds is 10. The van der Waals surface area contributed by atoms with Crippen LogP contribution in [0.4, 0.5) is 0 Å². The second-order valence-electron chi connectivity index (χ2n) is 8.61. The number of halogens is 1. The van der Waals surface area contributed by atoms with E-state index < -0.39 is 61.1 Å². The normalized spacial score (nSPS) is 22.5. The van der Waals surface area contributed by atoms with Crippen LogP contribution in [0.25, 0.3) is 0 Å². The summed E-state index contributed by atoms with van der Waals surface area (Å²) in [5.41, 5.74) is 1.27. The smallest absolute Gasteiger partial charge is 0.338 e. The second-order valence-corrected chi connectivity index (χ2v) is 8.88. The number of carbonyl (C=O) groups excluding carboxylic acids is 3. The summed E-state index contributed by atoms with van der Waals surface area (Å²) in [7, 11) is 0. The summed E-state index contributed by atoms with van der Waals surface area (Å²) >= 11 is 5.55. The van der Waals surface area contributed by atoms with E-state index >= 15 is 0 Å². The molecule has 1 fully saturated rings. The Hall–Kier alpha value is -3.76. The monoisotopic (exact) mass is 554 g/mol. The molecule has 0 radical (unpaired) electrons. The summed E-state index contributed by atoms with van der Waals surface area (Å²) in [5, 5.41) is 10.9. The molecule has 0 saturated carbocycles. The van der Waals surface area contributed by atoms with Gasteiger partial charge in [0.15, 0.2) is 18.5 Å². The van der Waals surface area contributed by atoms with Gasteiger partial charge in [-0.15, -0.1) is 11.6 Å². The van der Waals surface area contributed by atoms with Crippen LogP contribution in [0.5, 0.6) is 0 Å². The Morgan fingerprint density at radius 2 is 1.26 bits per heavy atom. The quantitative estimate of drug-likeness (QED) is 0.228. The lowest BCUT2D eigenvalue weighted by atomic mass is 9.98. The molecule has 0 aliphatic carbocycles. The lowest BCUT2D eigenvalue weighted by Gasteiger charge is -2.43. The molecule has 1 aliphatic heterocycles. The average Bonchev–Trinajstić information content (AvgIpc) is 2.98. The largest absolute Gasteiger partial charge is 0.462 e. The van der Waals surface area contributed by atoms with Crippen LogP contribution in [0, 0.1) is 0 Å². The van der Waals surface area contributed by atoms with Crippen molar-refractivity contribution in [2.75, 3.05) is 12.5 Å². The first kappa shape index (κ1) is 28.3. The number of aliphatic hydroxyl groups is 1. The number of hydrogen-bond acceptors (Lipinski definition) is 9. The van der Waals surface area contributed by atoms with Crippen molar-refractivity contribution in [3.05, 3.63) is 108 Å². The Balaban J connectivity index is 1.65. The molecule has 0 amide bonds. The minimum Gasteiger partial charge on any atom is -0.462 e. The molecular formula is C29H27ClO9. The van der Waals surface area contributed by atoms with Crippen molar-refractivity contribution in [1.29, 1.82) is 0 Å². The molecule has 10 heteroatoms. The van der Waals surface area contributed by atoms with Gasteiger partial charge in [-0.1, -0.05) is 66.7 Å². The van der Waals surface area contributed by atoms with Crippen molar-refractivity contribution in [3.63, 3.8) is 0 Å². The van der Waals surface area contributed by atoms with Crippen molar-refractivity contribution in [1.82, 2.24) is 0 Å². The SMILES string of the molecule is O=C(CCl)OC[C@H]1O[C@@H](O)[C@H](OC(=O)c2ccccc2)[C@@H](OCc2ccccc2)[C@H]1OC(=O)c1ccccc1. The fraction of sp³-hybridized carbons (Fsp3) is 0.276. The first-order chi connectivity index (χ1) is 19.0. The Morgan fingerprint density at radius 3 is 1.79 bits per heavy atom. The highest BCUT2D eigenvalue weighted by Crippen LogP contribution is 2.30. The molecule has 3 aromatic rings. The Kier molecular flexibility index (Phi) is 10.0. The van der Waals surface area contributed by atoms with E-state index in [1.54, 1.807) is 60.7 Å². The van der Waals surface area contributed by atoms with Crippen LogP contribution in [0.2, 0.25) is 0 Å². The van der Waals surface area contributed by atoms with Gasteiger partial charge in [-0.05, 0) is 29.8 Å². The molecule has 1 N–H and O–H groups in total. The van der Waals surface area contributed by atoms with E-state index in [0.29, 0.717) is 0 Å². The van der Waals surface area contributed by atoms with Crippen molar-refractivity contribution < 1.29 is 43.2 Å². The van der Waals surface area contributed by atoms with Crippen molar-refractivity contribution in [2.45, 2.75) is 37.3 Å². The fourth-order valence-electron chi connectivity index (χ4n) is 4.00. The van der Waals surface area contributed by atoms with Gasteiger partial charge in [0.25, 0.3) is 0 Å². The summed E-state index contributed by atoms with van der Waals surface area (Å²) in [4.78, 5) is 37.8. The van der Waals surface area contributed by atoms with E-state index in [4.69, 9.17) is 35.3 Å². The fourth-order valence-corrected chi connectivity index (χ4v) is 4.08. The molecule has 3 aromatic carbocycles. The maximum atomic E-state index is 13.1. The highest BCUT2D eigenvalue weighted by Gasteiger charge is 2.51. The van der Waals surface area contributed by atoms with Crippen LogP contribution in [0.1, 0.15) is 26.3 Å². The van der Waals surface area contributed by atoms with Gasteiger partial charge in [0.05, 0.1) is 17.7 Å². The molecule has 0 unspecified atom stereocenters. The first-order valence-electron chi connectivity index (χ1n) is 12.2. The number of aliphatic hydroxyl groups excluding tert-OH is 1. The van der Waals surface area contributed by atoms with Crippen LogP contribution in [0.15, 0.2) is 91.0 Å². The maximum absolute atomic E-state index is 13.1. The van der Waals surface area contributed by atoms with Gasteiger partial charge in [-0.3, -0.25) is 4.79 Å². The number of ether oxygens (including phenoxy) is 5. The molecule has 204 valence electrons. The number of hydrogen-bond donors (Lipinski definition) is 1. The highest BCUT2D eigenvalue weighted by molar-refractivity contribution is 6.26. The molecule has 39 heavy (non-hydrogen) atoms. The van der Waals surface area contributed by atoms with Gasteiger partial charge in [0, 0.05) is 0 Å². The molecule has 0 spiro atoms. The Labute approximate surface area is 230 Å². The first-order valence-corrected chi connectivity index (χ1v) is 12.7. The highest BCUT2D eigenvalue weighted by atomic mass is 35.5. The number of carbonyl (C=O) groups is 3. The van der Waals surface area contributed by atoms with Crippen LogP contribution < -0.4 is 0 Å². The third kappa shape index (κ3) is 7.64. The zero-order valence-corrected chi connectivity index (χ0v) is 21.5. The Morgan fingerprint density at radius 1 is 0.744 bits per heavy atom. The predicted molar refractivity (Wildman–Crippen MR) is 139 cm³/mol. The standard InChI is InChI=1S/C29H27ClO9/c30-16-23(31)35-18-22-24(38-27(32)20-12-6-2-7-13-20)25(36-17-19-10-4-1-5-11-19)26(29(34)37-22)39-28(33)21-14-8-3-9-15-21/h1-15,22,24-26,29,34H,16-18H2/t22-,24+,25+,26-,29-/m1/s1. The van der Waals surface area contributed by atoms with Gasteiger partial charge in [-0.25, -0.2) is 9.59 Å². The predicted octanol–water partition coefficient (Wildman–Crippen LogP) is 3.52. The molecule has 1 saturated heterocycles. The van der Waals surface area contributed by atoms with Gasteiger partial charge in [-0.2, -0.15) is 0 Å². The van der Waals surface area contributed by atoms with E-state index in [-0.39, 0.29) is 17.7 Å². The molecule has 1 heterocycles. The van der Waals surface area contributed by atoms with Crippen molar-refractivity contribution in [2.24, 2.45) is 0 Å². The minimum absolute atomic E-state index is 0.0329. The third-order valence-electron chi connectivity index (χ3n) is 5.92. The van der Waals surface area contributed by atoms with E-state index in [1.165, 1.54) is 0 Å². The van der Waals surface area contributed by atoms with Gasteiger partial charge < -0.3 is 28.8 Å². The maximum Gasteiger partial charge on any atom is 0.338 e. The van der Waals surface area contributed by atoms with E-state index in [9.17, 15) is 19.5 Å². The lowest BCUT2D eigenvalue weighted by molar-refractivity contribution is -0.295. The summed E-state index contributed by atoms with van der Waals surface area (Å²) in [6, 6.07) is 25.6. The molecule has 9 nitrogen and oxygen atoms in total. The van der Waals surface area contributed by atoms with Crippen LogP contribution in [-0.2, 0) is 35.1 Å². The second kappa shape index (κ2) is 13.9. The molecule has 5 atom stereocenters. The minimum atomic E-state index is -1.69. The molecule has 4 rings (SSSR count). The lowest BCUT2D eigenvalue weighted by Crippen LogP contribution is -2.62. The van der Waals surface area contributed by atoms with Gasteiger partial charge in [0.2, 0.25) is 0 Å². The summed E-state index contributed by atoms with van der Waals surface area (Å²) in [5.74, 6) is -2.59. The topological polar surface area (TPSA) is 118 Å². The third-order valence-corrected chi connectivity index (χ3v) is 6.14. The van der Waals surface area contributed by atoms with Crippen LogP contribution >= 0.6 is 11.6 Å². The zero-order chi connectivity index (χ0) is 27.6. The summed E-state index contributed by atoms with van der Waals surface area (Å²) < 4.78 is 28.4. The number of alkyl halides is 1. The van der Waals surface area contributed by atoms with E-state index in [0.717, 1.165) is 5.56 Å². The summed E-state index contributed by atoms with van der Waals surface area (Å²) in [6.07, 6.45) is -6.69. The van der Waals surface area contributed by atoms with Crippen LogP contribution in [-0.4, -0.2) is 66.2 Å². The zero-order valence-electron chi connectivity index (χ0n) is 20.8. The summed E-state index contributed by atoms with van der Waals surface area (Å²) in [6.45, 7) is -0.370. The average molecular weight is 555 g/mol. The molecular weight excluding hydrogens is 528 g/mol. The van der Waals surface area contributed by atoms with Gasteiger partial charge >= 0.3 is 17.9 Å².